The summed E-state index contributed by atoms with van der Waals surface area (Å²) in [4.78, 5) is 16.6. The van der Waals surface area contributed by atoms with Crippen molar-refractivity contribution in [2.75, 3.05) is 31.5 Å². The number of aliphatic hydroxyl groups is 1. The van der Waals surface area contributed by atoms with Crippen LogP contribution in [0.4, 0.5) is 10.5 Å². The van der Waals surface area contributed by atoms with Crippen LogP contribution in [0.15, 0.2) is 18.2 Å². The highest BCUT2D eigenvalue weighted by atomic mass is 35.5. The van der Waals surface area contributed by atoms with E-state index in [4.69, 9.17) is 11.6 Å². The van der Waals surface area contributed by atoms with Gasteiger partial charge in [0.2, 0.25) is 0 Å². The first-order valence-electron chi connectivity index (χ1n) is 8.29. The summed E-state index contributed by atoms with van der Waals surface area (Å²) in [6.07, 6.45) is 2.87. The number of hydrogen-bond donors (Lipinski definition) is 2. The average Bonchev–Trinajstić information content (AvgIpc) is 2.96. The lowest BCUT2D eigenvalue weighted by Gasteiger charge is -2.39. The van der Waals surface area contributed by atoms with Crippen molar-refractivity contribution in [3.63, 3.8) is 0 Å². The minimum Gasteiger partial charge on any atom is -0.391 e. The Bertz CT molecular complexity index is 573. The van der Waals surface area contributed by atoms with Gasteiger partial charge in [-0.25, -0.2) is 4.79 Å². The number of carbonyl (C=O) groups excluding carboxylic acids is 1. The summed E-state index contributed by atoms with van der Waals surface area (Å²) in [5.41, 5.74) is 1.76. The number of halogens is 1. The molecular formula is C17H24ClN3O2. The van der Waals surface area contributed by atoms with Crippen LogP contribution in [-0.4, -0.2) is 59.3 Å². The molecule has 23 heavy (non-hydrogen) atoms. The standard InChI is InChI=1S/C17H24ClN3O2/c1-12-11-13(18)5-6-14(12)19-17(23)21-9-7-20(8-10-21)15-3-2-4-16(15)22/h5-6,11,15-16,22H,2-4,7-10H2,1H3,(H,19,23)/t15-,16+/m0/s1. The third-order valence-corrected chi connectivity index (χ3v) is 5.18. The summed E-state index contributed by atoms with van der Waals surface area (Å²) in [7, 11) is 0. The zero-order valence-electron chi connectivity index (χ0n) is 13.5. The van der Waals surface area contributed by atoms with Gasteiger partial charge in [0.1, 0.15) is 0 Å². The van der Waals surface area contributed by atoms with Gasteiger partial charge in [-0.3, -0.25) is 4.90 Å². The summed E-state index contributed by atoms with van der Waals surface area (Å²) in [6.45, 7) is 4.98. The van der Waals surface area contributed by atoms with Crippen LogP contribution >= 0.6 is 11.6 Å². The number of hydrogen-bond acceptors (Lipinski definition) is 3. The molecule has 0 spiro atoms. The van der Waals surface area contributed by atoms with Gasteiger partial charge in [0, 0.05) is 42.9 Å². The van der Waals surface area contributed by atoms with Gasteiger partial charge in [-0.05, 0) is 49.9 Å². The molecule has 0 radical (unpaired) electrons. The highest BCUT2D eigenvalue weighted by molar-refractivity contribution is 6.30. The molecule has 1 aliphatic carbocycles. The van der Waals surface area contributed by atoms with Crippen LogP contribution in [0.1, 0.15) is 24.8 Å². The third kappa shape index (κ3) is 3.79. The van der Waals surface area contributed by atoms with Gasteiger partial charge in [-0.15, -0.1) is 0 Å². The van der Waals surface area contributed by atoms with Crippen molar-refractivity contribution < 1.29 is 9.90 Å². The van der Waals surface area contributed by atoms with Gasteiger partial charge in [-0.2, -0.15) is 0 Å². The monoisotopic (exact) mass is 337 g/mol. The Morgan fingerprint density at radius 3 is 2.61 bits per heavy atom. The molecule has 2 atom stereocenters. The number of carbonyl (C=O) groups is 1. The van der Waals surface area contributed by atoms with Crippen LogP contribution in [-0.2, 0) is 0 Å². The molecule has 1 heterocycles. The third-order valence-electron chi connectivity index (χ3n) is 4.94. The van der Waals surface area contributed by atoms with Crippen LogP contribution in [0.25, 0.3) is 0 Å². The molecule has 1 aromatic rings. The summed E-state index contributed by atoms with van der Waals surface area (Å²) in [5.74, 6) is 0. The van der Waals surface area contributed by atoms with Crippen molar-refractivity contribution in [2.24, 2.45) is 0 Å². The fraction of sp³-hybridized carbons (Fsp3) is 0.588. The number of benzene rings is 1. The van der Waals surface area contributed by atoms with E-state index in [1.807, 2.05) is 24.0 Å². The number of piperazine rings is 1. The zero-order valence-corrected chi connectivity index (χ0v) is 14.2. The minimum atomic E-state index is -0.202. The number of nitrogens with zero attached hydrogens (tertiary/aromatic N) is 2. The largest absolute Gasteiger partial charge is 0.391 e. The Balaban J connectivity index is 1.54. The van der Waals surface area contributed by atoms with Gasteiger partial charge in [0.15, 0.2) is 0 Å². The van der Waals surface area contributed by atoms with E-state index in [-0.39, 0.29) is 18.2 Å². The van der Waals surface area contributed by atoms with Crippen molar-refractivity contribution in [3.05, 3.63) is 28.8 Å². The molecule has 2 fully saturated rings. The lowest BCUT2D eigenvalue weighted by atomic mass is 10.1. The Labute approximate surface area is 142 Å². The number of urea groups is 1. The van der Waals surface area contributed by atoms with Crippen LogP contribution in [0.2, 0.25) is 5.02 Å². The van der Waals surface area contributed by atoms with Crippen LogP contribution in [0.5, 0.6) is 0 Å². The Kier molecular flexibility index (Phi) is 5.09. The summed E-state index contributed by atoms with van der Waals surface area (Å²) in [6, 6.07) is 5.67. The molecule has 5 nitrogen and oxygen atoms in total. The normalized spacial score (nSPS) is 25.6. The molecule has 0 aromatic heterocycles. The highest BCUT2D eigenvalue weighted by Crippen LogP contribution is 2.25. The molecule has 6 heteroatoms. The second-order valence-corrected chi connectivity index (χ2v) is 6.91. The summed E-state index contributed by atoms with van der Waals surface area (Å²) in [5, 5.41) is 13.7. The molecular weight excluding hydrogens is 314 g/mol. The molecule has 1 aromatic carbocycles. The lowest BCUT2D eigenvalue weighted by molar-refractivity contribution is 0.0447. The zero-order chi connectivity index (χ0) is 16.4. The van der Waals surface area contributed by atoms with Crippen molar-refractivity contribution in [3.8, 4) is 0 Å². The average molecular weight is 338 g/mol. The van der Waals surface area contributed by atoms with E-state index in [0.29, 0.717) is 18.1 Å². The summed E-state index contributed by atoms with van der Waals surface area (Å²) >= 11 is 5.94. The lowest BCUT2D eigenvalue weighted by Crippen LogP contribution is -2.54. The number of aryl methyl sites for hydroxylation is 1. The molecule has 2 aliphatic rings. The molecule has 1 saturated heterocycles. The second kappa shape index (κ2) is 7.07. The van der Waals surface area contributed by atoms with Crippen molar-refractivity contribution in [2.45, 2.75) is 38.3 Å². The fourth-order valence-electron chi connectivity index (χ4n) is 3.57. The molecule has 1 saturated carbocycles. The van der Waals surface area contributed by atoms with E-state index in [9.17, 15) is 9.90 Å². The minimum absolute atomic E-state index is 0.0676. The maximum Gasteiger partial charge on any atom is 0.321 e. The molecule has 0 bridgehead atoms. The molecule has 3 rings (SSSR count). The number of rotatable bonds is 2. The first-order chi connectivity index (χ1) is 11.0. The smallest absolute Gasteiger partial charge is 0.321 e. The molecule has 0 unspecified atom stereocenters. The predicted molar refractivity (Wildman–Crippen MR) is 92.0 cm³/mol. The van der Waals surface area contributed by atoms with Crippen molar-refractivity contribution >= 4 is 23.3 Å². The maximum atomic E-state index is 12.4. The Morgan fingerprint density at radius 1 is 1.26 bits per heavy atom. The quantitative estimate of drug-likeness (QED) is 0.872. The van der Waals surface area contributed by atoms with E-state index >= 15 is 0 Å². The number of anilines is 1. The van der Waals surface area contributed by atoms with Crippen LogP contribution < -0.4 is 5.32 Å². The molecule has 2 N–H and O–H groups in total. The van der Waals surface area contributed by atoms with E-state index in [1.54, 1.807) is 6.07 Å². The van der Waals surface area contributed by atoms with Gasteiger partial charge in [0.05, 0.1) is 6.10 Å². The molecule has 2 amide bonds. The van der Waals surface area contributed by atoms with Gasteiger partial charge in [-0.1, -0.05) is 11.6 Å². The maximum absolute atomic E-state index is 12.4. The Morgan fingerprint density at radius 2 is 2.00 bits per heavy atom. The highest BCUT2D eigenvalue weighted by Gasteiger charge is 2.33. The number of nitrogens with one attached hydrogen (secondary N) is 1. The topological polar surface area (TPSA) is 55.8 Å². The second-order valence-electron chi connectivity index (χ2n) is 6.48. The van der Waals surface area contributed by atoms with Crippen molar-refractivity contribution in [1.29, 1.82) is 0 Å². The molecule has 1 aliphatic heterocycles. The van der Waals surface area contributed by atoms with E-state index in [2.05, 4.69) is 10.2 Å². The van der Waals surface area contributed by atoms with E-state index in [0.717, 1.165) is 43.6 Å². The fourth-order valence-corrected chi connectivity index (χ4v) is 3.79. The van der Waals surface area contributed by atoms with E-state index in [1.165, 1.54) is 0 Å². The van der Waals surface area contributed by atoms with Crippen LogP contribution in [0.3, 0.4) is 0 Å². The predicted octanol–water partition coefficient (Wildman–Crippen LogP) is 2.71. The number of aliphatic hydroxyl groups excluding tert-OH is 1. The van der Waals surface area contributed by atoms with Crippen LogP contribution in [0, 0.1) is 6.92 Å². The Hall–Kier alpha value is -1.30. The van der Waals surface area contributed by atoms with Crippen molar-refractivity contribution in [1.82, 2.24) is 9.80 Å². The SMILES string of the molecule is Cc1cc(Cl)ccc1NC(=O)N1CCN([C@H]2CCC[C@H]2O)CC1. The van der Waals surface area contributed by atoms with E-state index < -0.39 is 0 Å². The van der Waals surface area contributed by atoms with Gasteiger partial charge < -0.3 is 15.3 Å². The van der Waals surface area contributed by atoms with Gasteiger partial charge in [0.25, 0.3) is 0 Å². The first-order valence-corrected chi connectivity index (χ1v) is 8.66. The summed E-state index contributed by atoms with van der Waals surface area (Å²) < 4.78 is 0. The number of amides is 2. The van der Waals surface area contributed by atoms with Gasteiger partial charge >= 0.3 is 6.03 Å². The first kappa shape index (κ1) is 16.6. The molecule has 126 valence electrons.